The summed E-state index contributed by atoms with van der Waals surface area (Å²) in [6.07, 6.45) is 21.2. The number of piperidine rings is 7. The summed E-state index contributed by atoms with van der Waals surface area (Å²) in [6, 6.07) is 1.42. The summed E-state index contributed by atoms with van der Waals surface area (Å²) in [7, 11) is 15.4. The molecule has 3 N–H and O–H groups in total. The molecule has 0 aliphatic carbocycles. The lowest BCUT2D eigenvalue weighted by Crippen LogP contribution is -2.47. The van der Waals surface area contributed by atoms with Gasteiger partial charge in [0.2, 0.25) is 0 Å². The highest BCUT2D eigenvalue weighted by molar-refractivity contribution is 5.10. The minimum atomic E-state index is 0.506. The summed E-state index contributed by atoms with van der Waals surface area (Å²) in [5, 5.41) is 10.2. The summed E-state index contributed by atoms with van der Waals surface area (Å²) in [5.74, 6) is 17.1. The monoisotopic (exact) mass is 1570 g/mol. The molecular weight excluding hydrogens is 1360 g/mol. The van der Waals surface area contributed by atoms with Crippen LogP contribution in [0.25, 0.3) is 0 Å². The van der Waals surface area contributed by atoms with E-state index in [0.717, 1.165) is 158 Å². The molecule has 0 spiro atoms. The molecule has 9 fully saturated rings. The fraction of sp³-hybridized carbons (Fsp3) is 0.959. The number of ether oxygens (including phenoxy) is 1. The first-order valence-electron chi connectivity index (χ1n) is 47.4. The summed E-state index contributed by atoms with van der Waals surface area (Å²) in [4.78, 5) is 21.8. The van der Waals surface area contributed by atoms with Crippen LogP contribution in [0, 0.1) is 118 Å². The van der Waals surface area contributed by atoms with Crippen molar-refractivity contribution in [2.24, 2.45) is 118 Å². The number of rotatable bonds is 11. The minimum Gasteiger partial charge on any atom is -0.379 e. The molecule has 111 heavy (non-hydrogen) atoms. The van der Waals surface area contributed by atoms with Gasteiger partial charge in [-0.25, -0.2) is 0 Å². The normalized spacial score (nSPS) is 27.1. The molecule has 0 aromatic heterocycles. The van der Waals surface area contributed by atoms with Gasteiger partial charge in [0.1, 0.15) is 0 Å². The lowest BCUT2D eigenvalue weighted by molar-refractivity contribution is 0.0238. The molecule has 0 aromatic rings. The van der Waals surface area contributed by atoms with E-state index in [1.54, 1.807) is 11.1 Å². The van der Waals surface area contributed by atoms with E-state index in [9.17, 15) is 0 Å². The Balaban J connectivity index is 0.000000611. The Hall–Kier alpha value is -1.04. The standard InChI is InChI=1S/3C10H21N.2C9H19N.2C9H17N.C9H19N.C8H18N2.C8H17N.C7H15NO/c1-8(2)9-5-6-11-7-10(9,3)4;2*1-8(2)10-5-6-11(4)7-9(10)3;4*1-8(2)9-4-6-10(3)7-5-9;1-7(2)9-4-5-10-6-8(9)3;1-8(2)10-6-4-9(3)5-7-10;2*1-7(2)8-3-5-9-6-4-8/h8-9,11H,5-7H2,1-4H3;2*8-10H,5-7H2,1-4H3;2*8-9H,4-7H2,1-3H3;2*4,8H,5-7H2,1-3H3;7-10H,4-6H2,1-3H3;8H,4-7H2,1-3H3;7-9H,3-6H2,1-2H3;7H,3-6H2,1-2H3. The molecule has 11 rings (SSSR count). The molecular formula is C98H204N12O. The van der Waals surface area contributed by atoms with Crippen LogP contribution in [-0.2, 0) is 4.74 Å². The molecule has 0 aromatic carbocycles. The van der Waals surface area contributed by atoms with Crippen molar-refractivity contribution in [2.45, 2.75) is 276 Å². The van der Waals surface area contributed by atoms with Gasteiger partial charge in [0.15, 0.2) is 0 Å². The number of nitrogens with zero attached hydrogens (tertiary/aromatic N) is 9. The van der Waals surface area contributed by atoms with Crippen LogP contribution in [0.15, 0.2) is 23.3 Å². The van der Waals surface area contributed by atoms with E-state index in [1.807, 2.05) is 0 Å². The van der Waals surface area contributed by atoms with Gasteiger partial charge < -0.3 is 55.0 Å². The molecule has 0 bridgehead atoms. The molecule has 13 heteroatoms. The molecule has 11 aliphatic heterocycles. The first-order valence-corrected chi connectivity index (χ1v) is 47.4. The SMILES string of the molecule is CC(C)C1=CCN(C)CC1.CC(C)C1=CCN(C)CC1.CC(C)C1CCN(C)CC1.CC(C)C1CCN(C)CC1.CC(C)C1CCN(C)CC1C.CC(C)C1CCN(C)CC1C.CC(C)C1CCNCC1.CC(C)C1CCNCC1(C)C.CC(C)C1CCNCC1C.CC(C)N1CCN(C)CC1.CC(C)N1CCOCC1. The molecule has 0 saturated carbocycles. The fourth-order valence-corrected chi connectivity index (χ4v) is 19.1. The Bertz CT molecular complexity index is 2080. The van der Waals surface area contributed by atoms with Gasteiger partial charge in [0.05, 0.1) is 13.2 Å². The second-order valence-electron chi connectivity index (χ2n) is 41.7. The number of hydrogen-bond donors (Lipinski definition) is 3. The van der Waals surface area contributed by atoms with Crippen molar-refractivity contribution in [3.05, 3.63) is 23.3 Å². The number of hydrogen-bond acceptors (Lipinski definition) is 13. The molecule has 7 atom stereocenters. The van der Waals surface area contributed by atoms with Gasteiger partial charge in [0.25, 0.3) is 0 Å². The zero-order valence-electron chi connectivity index (χ0n) is 81.6. The van der Waals surface area contributed by atoms with Crippen molar-refractivity contribution >= 4 is 0 Å². The third-order valence-electron chi connectivity index (χ3n) is 28.0. The lowest BCUT2D eigenvalue weighted by atomic mass is 9.69. The average molecular weight is 1570 g/mol. The topological polar surface area (TPSA) is 74.5 Å². The third-order valence-corrected chi connectivity index (χ3v) is 28.0. The quantitative estimate of drug-likeness (QED) is 0.172. The molecule has 11 aliphatic rings. The average Bonchev–Trinajstić information content (AvgIpc) is 0.832. The van der Waals surface area contributed by atoms with Gasteiger partial charge in [-0.15, -0.1) is 0 Å². The van der Waals surface area contributed by atoms with Gasteiger partial charge in [0, 0.05) is 97.2 Å². The first kappa shape index (κ1) is 108. The summed E-state index contributed by atoms with van der Waals surface area (Å²) >= 11 is 0. The number of likely N-dealkylation sites (N-methyl/N-ethyl adjacent to an activating group) is 3. The van der Waals surface area contributed by atoms with E-state index in [2.05, 4.69) is 308 Å². The van der Waals surface area contributed by atoms with Crippen LogP contribution >= 0.6 is 0 Å². The Morgan fingerprint density at radius 1 is 0.333 bits per heavy atom. The highest BCUT2D eigenvalue weighted by Crippen LogP contribution is 2.37. The predicted octanol–water partition coefficient (Wildman–Crippen LogP) is 19.4. The Morgan fingerprint density at radius 3 is 0.955 bits per heavy atom. The van der Waals surface area contributed by atoms with Crippen LogP contribution < -0.4 is 16.0 Å². The fourth-order valence-electron chi connectivity index (χ4n) is 19.1. The number of nitrogens with one attached hydrogen (secondary N) is 3. The molecule has 7 unspecified atom stereocenters. The van der Waals surface area contributed by atoms with Crippen molar-refractivity contribution in [1.82, 2.24) is 60.0 Å². The maximum atomic E-state index is 5.21. The summed E-state index contributed by atoms with van der Waals surface area (Å²) < 4.78 is 5.21. The van der Waals surface area contributed by atoms with E-state index < -0.39 is 0 Å². The first-order chi connectivity index (χ1) is 52.1. The smallest absolute Gasteiger partial charge is 0.0594 e. The van der Waals surface area contributed by atoms with E-state index in [1.165, 1.54) is 208 Å². The van der Waals surface area contributed by atoms with Gasteiger partial charge in [-0.3, -0.25) is 9.80 Å². The molecule has 9 saturated heterocycles. The van der Waals surface area contributed by atoms with Crippen LogP contribution in [0.1, 0.15) is 264 Å². The Labute approximate surface area is 697 Å². The van der Waals surface area contributed by atoms with Gasteiger partial charge >= 0.3 is 0 Å². The Morgan fingerprint density at radius 2 is 0.676 bits per heavy atom. The molecule has 0 amide bonds. The van der Waals surface area contributed by atoms with Crippen LogP contribution in [0.4, 0.5) is 0 Å². The van der Waals surface area contributed by atoms with Crippen molar-refractivity contribution < 1.29 is 4.74 Å². The predicted molar refractivity (Wildman–Crippen MR) is 496 cm³/mol. The molecule has 0 radical (unpaired) electrons. The summed E-state index contributed by atoms with van der Waals surface area (Å²) in [5.41, 5.74) is 3.78. The number of piperazine rings is 1. The minimum absolute atomic E-state index is 0.506. The maximum absolute atomic E-state index is 5.21. The van der Waals surface area contributed by atoms with E-state index in [0.29, 0.717) is 11.5 Å². The highest BCUT2D eigenvalue weighted by atomic mass is 16.5. The van der Waals surface area contributed by atoms with Crippen LogP contribution in [-0.4, -0.2) is 276 Å². The number of likely N-dealkylation sites (tertiary alicyclic amines) is 4. The zero-order valence-corrected chi connectivity index (χ0v) is 81.6. The Kier molecular flexibility index (Phi) is 58.8. The second kappa shape index (κ2) is 60.4. The van der Waals surface area contributed by atoms with Gasteiger partial charge in [-0.05, 0) is 344 Å². The molecule has 662 valence electrons. The number of morpholine rings is 1. The van der Waals surface area contributed by atoms with Gasteiger partial charge in [-0.1, -0.05) is 183 Å². The second-order valence-corrected chi connectivity index (χ2v) is 41.7. The third kappa shape index (κ3) is 48.7. The largest absolute Gasteiger partial charge is 0.379 e. The van der Waals surface area contributed by atoms with Gasteiger partial charge in [-0.2, -0.15) is 0 Å². The van der Waals surface area contributed by atoms with Crippen LogP contribution in [0.2, 0.25) is 0 Å². The maximum Gasteiger partial charge on any atom is 0.0594 e. The molecule has 11 heterocycles. The lowest BCUT2D eigenvalue weighted by Gasteiger charge is -2.41. The van der Waals surface area contributed by atoms with Crippen molar-refractivity contribution in [3.8, 4) is 0 Å². The van der Waals surface area contributed by atoms with Crippen LogP contribution in [0.3, 0.4) is 0 Å². The van der Waals surface area contributed by atoms with Crippen molar-refractivity contribution in [2.75, 3.05) is 220 Å². The van der Waals surface area contributed by atoms with Crippen molar-refractivity contribution in [1.29, 1.82) is 0 Å². The van der Waals surface area contributed by atoms with E-state index in [-0.39, 0.29) is 0 Å². The van der Waals surface area contributed by atoms with Crippen molar-refractivity contribution in [3.63, 3.8) is 0 Å². The zero-order chi connectivity index (χ0) is 84.1. The van der Waals surface area contributed by atoms with E-state index >= 15 is 0 Å². The van der Waals surface area contributed by atoms with Crippen LogP contribution in [0.5, 0.6) is 0 Å². The van der Waals surface area contributed by atoms with E-state index in [4.69, 9.17) is 4.74 Å². The highest BCUT2D eigenvalue weighted by Gasteiger charge is 2.34. The summed E-state index contributed by atoms with van der Waals surface area (Å²) in [6.45, 7) is 94.3. The molecule has 13 nitrogen and oxygen atoms in total.